The summed E-state index contributed by atoms with van der Waals surface area (Å²) in [4.78, 5) is 164. The smallest absolute Gasteiger partial charge is 0.259 e. The van der Waals surface area contributed by atoms with Crippen LogP contribution in [0.5, 0.6) is 0 Å². The molecule has 7 aliphatic heterocycles. The molecule has 10 aromatic carbocycles. The van der Waals surface area contributed by atoms with E-state index in [1.54, 1.807) is 104 Å². The Kier molecular flexibility index (Phi) is 29.3. The molecule has 28 heteroatoms. The van der Waals surface area contributed by atoms with Crippen molar-refractivity contribution in [2.24, 2.45) is 0 Å². The number of amides is 12. The summed E-state index contributed by atoms with van der Waals surface area (Å²) in [5, 5.41) is 31.7. The summed E-state index contributed by atoms with van der Waals surface area (Å²) >= 11 is 0. The Hall–Kier alpha value is -16.3. The van der Waals surface area contributed by atoms with Gasteiger partial charge in [0.1, 0.15) is 11.6 Å². The van der Waals surface area contributed by atoms with Gasteiger partial charge in [0.15, 0.2) is 0 Å². The quantitative estimate of drug-likeness (QED) is 0.0454. The molecule has 20 rings (SSSR count). The molecular weight excluding hydrogens is 1700 g/mol. The van der Waals surface area contributed by atoms with E-state index in [0.717, 1.165) is 196 Å². The lowest BCUT2D eigenvalue weighted by atomic mass is 9.82. The summed E-state index contributed by atoms with van der Waals surface area (Å²) < 4.78 is 0. The zero-order valence-electron chi connectivity index (χ0n) is 75.7. The second-order valence-corrected chi connectivity index (χ2v) is 34.7. The third-order valence-electron chi connectivity index (χ3n) is 24.7. The standard InChI is InChI=1S/2C19H18N2O2.C18H23N3O2.C18H16N2O3.C17H15N3O3.C16H15N3O/c2*22-18-11-13-10-14(8-9-17(13)21-18)20-19(23)16-7-3-5-12-4-1-2-6-15(12)16;1-12-10-15-11-14(4-5-17(15)19-12)18(23)20(3)16-6-8-21(9-7-16)13(2)22;1-11(21)7-12-3-2-4-13(8-12)18(23)19-15-5-6-16-14(9-15)10-17(22)20-16;1-10(21)18-13-4-2-11(3-5-13)17(23)19-14-6-7-15-12(8-14)9-16(22)20-15;1-11-8-12-9-13(10-17-15(12)18-11)16(20)19(2)14-6-4-3-5-7-14/h2*1-2,4,6,8-10,16H,3,5,7,11H2,(H,20,23)(H,21,22);4-5,11,16,19H,1,6-10H2,2-3H3;2-6,8-9H,7,10H2,1H3,(H,19,23)(H,20,22);2-8H,9H2,1H3,(H,18,21)(H,19,23)(H,20,22);3-7,9-10H,1,8H2,2H3,(H,17,18)/t2*16-;;;;/m10..../s1. The summed E-state index contributed by atoms with van der Waals surface area (Å²) in [5.41, 5.74) is 24.2. The topological polar surface area (TPSA) is 377 Å². The molecule has 2 aliphatic carbocycles. The number of aryl methyl sites for hydroxylation is 2. The summed E-state index contributed by atoms with van der Waals surface area (Å²) in [7, 11) is 3.63. The predicted molar refractivity (Wildman–Crippen MR) is 524 cm³/mol. The molecule has 12 amide bonds. The van der Waals surface area contributed by atoms with Gasteiger partial charge in [0, 0.05) is 169 Å². The van der Waals surface area contributed by atoms with E-state index in [9.17, 15) is 62.3 Å². The second kappa shape index (κ2) is 42.3. The number of benzene rings is 10. The lowest BCUT2D eigenvalue weighted by Crippen LogP contribution is -2.46. The molecule has 135 heavy (non-hydrogen) atoms. The molecule has 11 N–H and O–H groups in total. The van der Waals surface area contributed by atoms with Gasteiger partial charge in [-0.1, -0.05) is 92.0 Å². The highest BCUT2D eigenvalue weighted by Crippen LogP contribution is 2.38. The van der Waals surface area contributed by atoms with Gasteiger partial charge >= 0.3 is 0 Å². The van der Waals surface area contributed by atoms with Gasteiger partial charge in [0.25, 0.3) is 23.6 Å². The highest BCUT2D eigenvalue weighted by Gasteiger charge is 2.33. The van der Waals surface area contributed by atoms with Gasteiger partial charge in [-0.2, -0.15) is 0 Å². The average Bonchev–Trinajstić information content (AvgIpc) is 1.79. The van der Waals surface area contributed by atoms with Gasteiger partial charge in [-0.05, 0) is 260 Å². The van der Waals surface area contributed by atoms with Crippen LogP contribution in [0.3, 0.4) is 0 Å². The summed E-state index contributed by atoms with van der Waals surface area (Å²) in [5.74, 6) is 0.107. The first-order valence-electron chi connectivity index (χ1n) is 45.0. The van der Waals surface area contributed by atoms with Crippen LogP contribution in [0.25, 0.3) is 0 Å². The first-order chi connectivity index (χ1) is 65.0. The minimum absolute atomic E-state index is 0.00434. The first kappa shape index (κ1) is 93.4. The fourth-order valence-corrected chi connectivity index (χ4v) is 17.8. The number of likely N-dealkylation sites (tertiary alicyclic amines) is 1. The normalized spacial score (nSPS) is 15.5. The molecule has 1 aromatic heterocycles. The maximum Gasteiger partial charge on any atom is 0.259 e. The Morgan fingerprint density at radius 3 is 1.32 bits per heavy atom. The van der Waals surface area contributed by atoms with Crippen molar-refractivity contribution in [2.75, 3.05) is 90.6 Å². The highest BCUT2D eigenvalue weighted by atomic mass is 16.2. The number of pyridine rings is 1. The van der Waals surface area contributed by atoms with Crippen LogP contribution in [0.15, 0.2) is 255 Å². The van der Waals surface area contributed by atoms with Crippen LogP contribution in [0.2, 0.25) is 0 Å². The van der Waals surface area contributed by atoms with Crippen LogP contribution < -0.4 is 63.4 Å². The highest BCUT2D eigenvalue weighted by molar-refractivity contribution is 6.09. The number of nitrogens with zero attached hydrogens (tertiary/aromatic N) is 4. The Bertz CT molecular complexity index is 6430. The molecule has 0 unspecified atom stereocenters. The number of carbonyl (C=O) groups excluding carboxylic acids is 13. The number of rotatable bonds is 15. The molecule has 28 nitrogen and oxygen atoms in total. The number of anilines is 12. The largest absolute Gasteiger partial charge is 0.359 e. The minimum Gasteiger partial charge on any atom is -0.359 e. The Labute approximate surface area is 782 Å². The van der Waals surface area contributed by atoms with Crippen LogP contribution >= 0.6 is 0 Å². The van der Waals surface area contributed by atoms with E-state index in [-0.39, 0.29) is 94.5 Å². The zero-order valence-corrected chi connectivity index (χ0v) is 75.7. The van der Waals surface area contributed by atoms with Crippen LogP contribution in [-0.2, 0) is 101 Å². The molecule has 0 spiro atoms. The molecule has 11 aromatic rings. The van der Waals surface area contributed by atoms with E-state index in [1.807, 2.05) is 138 Å². The van der Waals surface area contributed by atoms with Crippen LogP contribution in [0.4, 0.5) is 68.4 Å². The fourth-order valence-electron chi connectivity index (χ4n) is 17.8. The molecule has 1 fully saturated rings. The number of hydrogen-bond donors (Lipinski definition) is 11. The number of Topliss-reactive ketones (excluding diaryl/α,β-unsaturated/α-hetero) is 1. The minimum atomic E-state index is -0.253. The molecule has 0 radical (unpaired) electrons. The lowest BCUT2D eigenvalue weighted by Gasteiger charge is -2.36. The molecule has 8 heterocycles. The van der Waals surface area contributed by atoms with E-state index >= 15 is 0 Å². The van der Waals surface area contributed by atoms with Crippen LogP contribution in [0.1, 0.15) is 174 Å². The van der Waals surface area contributed by atoms with Gasteiger partial charge in [-0.3, -0.25) is 62.3 Å². The number of aromatic nitrogens is 1. The van der Waals surface area contributed by atoms with Crippen molar-refractivity contribution in [1.82, 2.24) is 14.8 Å². The fraction of sp³-hybridized carbons (Fsp3) is 0.234. The monoisotopic (exact) mass is 1810 g/mol. The van der Waals surface area contributed by atoms with E-state index in [4.69, 9.17) is 0 Å². The van der Waals surface area contributed by atoms with E-state index in [0.29, 0.717) is 65.9 Å². The Morgan fingerprint density at radius 1 is 0.393 bits per heavy atom. The van der Waals surface area contributed by atoms with Crippen molar-refractivity contribution in [3.05, 3.63) is 339 Å². The molecule has 1 saturated heterocycles. The van der Waals surface area contributed by atoms with Gasteiger partial charge in [-0.25, -0.2) is 4.98 Å². The van der Waals surface area contributed by atoms with E-state index in [1.165, 1.54) is 25.0 Å². The summed E-state index contributed by atoms with van der Waals surface area (Å²) in [6, 6.07) is 69.2. The van der Waals surface area contributed by atoms with Gasteiger partial charge < -0.3 is 73.2 Å². The van der Waals surface area contributed by atoms with Crippen LogP contribution in [-0.4, -0.2) is 125 Å². The number of allylic oxidation sites excluding steroid dienone is 2. The molecule has 0 saturated carbocycles. The number of ketones is 1. The van der Waals surface area contributed by atoms with Crippen molar-refractivity contribution in [2.45, 2.75) is 135 Å². The van der Waals surface area contributed by atoms with Crippen molar-refractivity contribution in [3.63, 3.8) is 0 Å². The molecular formula is C107H105N15O13. The lowest BCUT2D eigenvalue weighted by molar-refractivity contribution is -0.130. The van der Waals surface area contributed by atoms with E-state index < -0.39 is 0 Å². The average molecular weight is 1810 g/mol. The maximum absolute atomic E-state index is 12.7. The number of carbonyl (C=O) groups is 13. The number of hydrogen-bond acceptors (Lipinski definition) is 16. The maximum atomic E-state index is 12.7. The SMILES string of the molecule is C=C1Cc2cc(C(=O)N(C)C3CCN(C(C)=O)CC3)ccc2N1.C=C1Cc2cc(C(=O)N(C)c3ccccc3)cnc2N1.CC(=O)Cc1cccc(C(=O)Nc2ccc3c(c2)CC(=O)N3)c1.CC(=O)Nc1ccc(C(=O)Nc2ccc3c(c2)CC(=O)N3)cc1.O=C1Cc2cc(NC(=O)[C@@H]3CCCc4ccccc43)ccc2N1.O=C1Cc2cc(NC(=O)[C@H]3CCCc4ccccc43)ccc2N1. The molecule has 686 valence electrons. The van der Waals surface area contributed by atoms with Crippen molar-refractivity contribution < 1.29 is 62.3 Å². The van der Waals surface area contributed by atoms with Crippen molar-refractivity contribution >= 4 is 145 Å². The zero-order chi connectivity index (χ0) is 95.1. The summed E-state index contributed by atoms with van der Waals surface area (Å²) in [6.07, 6.45) is 12.4. The van der Waals surface area contributed by atoms with Crippen molar-refractivity contribution in [3.8, 4) is 0 Å². The Balaban J connectivity index is 0.000000123. The third-order valence-corrected chi connectivity index (χ3v) is 24.7. The third kappa shape index (κ3) is 23.7. The number of nitrogens with one attached hydrogen (secondary N) is 11. The first-order valence-corrected chi connectivity index (χ1v) is 45.0. The second-order valence-electron chi connectivity index (χ2n) is 34.7. The van der Waals surface area contributed by atoms with Crippen LogP contribution in [0, 0.1) is 0 Å². The van der Waals surface area contributed by atoms with Gasteiger partial charge in [0.2, 0.25) is 47.3 Å². The number of para-hydroxylation sites is 1. The molecule has 2 atom stereocenters. The predicted octanol–water partition coefficient (Wildman–Crippen LogP) is 16.5. The molecule has 0 bridgehead atoms. The van der Waals surface area contributed by atoms with Gasteiger partial charge in [-0.15, -0.1) is 0 Å². The molecule has 9 aliphatic rings. The van der Waals surface area contributed by atoms with Crippen molar-refractivity contribution in [1.29, 1.82) is 0 Å². The number of fused-ring (bicyclic) bond motifs is 8. The Morgan fingerprint density at radius 2 is 0.822 bits per heavy atom. The number of piperidine rings is 1. The summed E-state index contributed by atoms with van der Waals surface area (Å²) in [6.45, 7) is 13.8. The van der Waals surface area contributed by atoms with E-state index in [2.05, 4.69) is 101 Å². The van der Waals surface area contributed by atoms with Gasteiger partial charge in [0.05, 0.1) is 43.1 Å².